The van der Waals surface area contributed by atoms with Gasteiger partial charge in [-0.05, 0) is 24.6 Å². The van der Waals surface area contributed by atoms with Crippen LogP contribution in [0.1, 0.15) is 22.8 Å². The number of hydrogen-bond donors (Lipinski definition) is 1. The molecule has 1 N–H and O–H groups in total. The maximum Gasteiger partial charge on any atom is 0.250 e. The van der Waals surface area contributed by atoms with Crippen LogP contribution in [0.3, 0.4) is 0 Å². The van der Waals surface area contributed by atoms with Gasteiger partial charge in [0.2, 0.25) is 5.88 Å². The maximum absolute atomic E-state index is 13.4. The molecule has 0 saturated heterocycles. The summed E-state index contributed by atoms with van der Waals surface area (Å²) in [5.74, 6) is 0.183. The van der Waals surface area contributed by atoms with Crippen LogP contribution >= 0.6 is 0 Å². The normalized spacial score (nSPS) is 13.0. The van der Waals surface area contributed by atoms with E-state index in [9.17, 15) is 9.32 Å². The summed E-state index contributed by atoms with van der Waals surface area (Å²) >= 11 is 0. The SMILES string of the molecule is COc1nnc(OC)c(S(=O)c2ccc(C)cc2)c1[C@H](O)c1ccccc1. The Kier molecular flexibility index (Phi) is 5.83. The highest BCUT2D eigenvalue weighted by Crippen LogP contribution is 2.38. The highest BCUT2D eigenvalue weighted by molar-refractivity contribution is 7.85. The van der Waals surface area contributed by atoms with Crippen LogP contribution in [0.2, 0.25) is 0 Å². The number of aromatic nitrogens is 2. The second-order valence-electron chi connectivity index (χ2n) is 5.86. The fourth-order valence-corrected chi connectivity index (χ4v) is 3.99. The first-order chi connectivity index (χ1) is 13.1. The van der Waals surface area contributed by atoms with Crippen molar-refractivity contribution in [2.75, 3.05) is 14.2 Å². The number of hydrogen-bond acceptors (Lipinski definition) is 6. The molecule has 3 aromatic rings. The van der Waals surface area contributed by atoms with Crippen molar-refractivity contribution in [1.82, 2.24) is 10.2 Å². The Morgan fingerprint density at radius 2 is 1.52 bits per heavy atom. The Bertz CT molecular complexity index is 946. The molecule has 7 heteroatoms. The molecule has 0 amide bonds. The number of methoxy groups -OCH3 is 2. The van der Waals surface area contributed by atoms with Gasteiger partial charge < -0.3 is 14.6 Å². The molecule has 0 spiro atoms. The maximum atomic E-state index is 13.4. The van der Waals surface area contributed by atoms with Crippen LogP contribution in [0.25, 0.3) is 0 Å². The van der Waals surface area contributed by atoms with E-state index >= 15 is 0 Å². The van der Waals surface area contributed by atoms with Crippen LogP contribution < -0.4 is 9.47 Å². The van der Waals surface area contributed by atoms with Crippen molar-refractivity contribution < 1.29 is 18.8 Å². The second kappa shape index (κ2) is 8.28. The van der Waals surface area contributed by atoms with Crippen molar-refractivity contribution in [3.63, 3.8) is 0 Å². The second-order valence-corrected chi connectivity index (χ2v) is 7.27. The number of benzene rings is 2. The summed E-state index contributed by atoms with van der Waals surface area (Å²) in [6.45, 7) is 1.95. The molecule has 0 saturated carbocycles. The summed E-state index contributed by atoms with van der Waals surface area (Å²) in [6, 6.07) is 16.3. The predicted molar refractivity (Wildman–Crippen MR) is 101 cm³/mol. The number of aryl methyl sites for hydroxylation is 1. The third-order valence-corrected chi connectivity index (χ3v) is 5.56. The fraction of sp³-hybridized carbons (Fsp3) is 0.200. The molecule has 0 fully saturated rings. The van der Waals surface area contributed by atoms with Gasteiger partial charge in [0.05, 0.1) is 30.6 Å². The molecule has 2 aromatic carbocycles. The van der Waals surface area contributed by atoms with Crippen molar-refractivity contribution in [3.05, 3.63) is 71.3 Å². The van der Waals surface area contributed by atoms with Gasteiger partial charge in [-0.1, -0.05) is 48.0 Å². The monoisotopic (exact) mass is 384 g/mol. The molecule has 1 heterocycles. The standard InChI is InChI=1S/C20H20N2O4S/c1-13-9-11-15(12-10-13)27(24)18-16(17(23)14-7-5-4-6-8-14)19(25-2)21-22-20(18)26-3/h4-12,17,23H,1-3H3/t17-,27?/m1/s1. The topological polar surface area (TPSA) is 81.5 Å². The van der Waals surface area contributed by atoms with Gasteiger partial charge in [-0.15, -0.1) is 10.2 Å². The van der Waals surface area contributed by atoms with E-state index in [-0.39, 0.29) is 22.2 Å². The summed E-state index contributed by atoms with van der Waals surface area (Å²) in [7, 11) is 1.20. The quantitative estimate of drug-likeness (QED) is 0.703. The van der Waals surface area contributed by atoms with Gasteiger partial charge in [-0.2, -0.15) is 0 Å². The van der Waals surface area contributed by atoms with Gasteiger partial charge >= 0.3 is 0 Å². The summed E-state index contributed by atoms with van der Waals surface area (Å²) in [4.78, 5) is 0.806. The zero-order chi connectivity index (χ0) is 19.4. The molecule has 140 valence electrons. The smallest absolute Gasteiger partial charge is 0.250 e. The van der Waals surface area contributed by atoms with Crippen LogP contribution in [-0.4, -0.2) is 33.7 Å². The van der Waals surface area contributed by atoms with Crippen molar-refractivity contribution in [1.29, 1.82) is 0 Å². The average molecular weight is 384 g/mol. The molecular weight excluding hydrogens is 364 g/mol. The number of aliphatic hydroxyl groups excluding tert-OH is 1. The van der Waals surface area contributed by atoms with Crippen molar-refractivity contribution in [2.45, 2.75) is 22.8 Å². The highest BCUT2D eigenvalue weighted by atomic mass is 32.2. The molecule has 1 unspecified atom stereocenters. The fourth-order valence-electron chi connectivity index (χ4n) is 2.69. The summed E-state index contributed by atoms with van der Waals surface area (Å²) < 4.78 is 24.0. The van der Waals surface area contributed by atoms with Gasteiger partial charge in [0, 0.05) is 4.90 Å². The van der Waals surface area contributed by atoms with E-state index in [1.807, 2.05) is 37.3 Å². The zero-order valence-electron chi connectivity index (χ0n) is 15.2. The Hall–Kier alpha value is -2.77. The van der Waals surface area contributed by atoms with E-state index in [0.717, 1.165) is 5.56 Å². The minimum atomic E-state index is -1.65. The van der Waals surface area contributed by atoms with Crippen LogP contribution in [0, 0.1) is 6.92 Å². The molecule has 0 aliphatic heterocycles. The Morgan fingerprint density at radius 3 is 2.11 bits per heavy atom. The first-order valence-corrected chi connectivity index (χ1v) is 9.41. The molecule has 0 radical (unpaired) electrons. The molecule has 1 aromatic heterocycles. The van der Waals surface area contributed by atoms with Crippen LogP contribution in [-0.2, 0) is 10.8 Å². The number of rotatable bonds is 6. The zero-order valence-corrected chi connectivity index (χ0v) is 16.1. The molecule has 6 nitrogen and oxygen atoms in total. The van der Waals surface area contributed by atoms with Gasteiger partial charge in [0.25, 0.3) is 5.88 Å². The van der Waals surface area contributed by atoms with Gasteiger partial charge in [-0.25, -0.2) is 4.21 Å². The van der Waals surface area contributed by atoms with Crippen molar-refractivity contribution >= 4 is 10.8 Å². The lowest BCUT2D eigenvalue weighted by Gasteiger charge is -2.19. The largest absolute Gasteiger partial charge is 0.480 e. The Morgan fingerprint density at radius 1 is 0.926 bits per heavy atom. The van der Waals surface area contributed by atoms with Gasteiger partial charge in [0.1, 0.15) is 11.0 Å². The third kappa shape index (κ3) is 3.84. The van der Waals surface area contributed by atoms with Gasteiger partial charge in [0.15, 0.2) is 0 Å². The minimum absolute atomic E-state index is 0.0830. The van der Waals surface area contributed by atoms with Crippen LogP contribution in [0.4, 0.5) is 0 Å². The van der Waals surface area contributed by atoms with E-state index < -0.39 is 16.9 Å². The first-order valence-electron chi connectivity index (χ1n) is 8.26. The van der Waals surface area contributed by atoms with Crippen LogP contribution in [0.5, 0.6) is 11.8 Å². The third-order valence-electron chi connectivity index (χ3n) is 4.10. The average Bonchev–Trinajstić information content (AvgIpc) is 2.72. The highest BCUT2D eigenvalue weighted by Gasteiger charge is 2.29. The molecule has 0 bridgehead atoms. The van der Waals surface area contributed by atoms with E-state index in [1.165, 1.54) is 14.2 Å². The molecule has 0 aliphatic rings. The lowest BCUT2D eigenvalue weighted by atomic mass is 10.0. The van der Waals surface area contributed by atoms with E-state index in [0.29, 0.717) is 10.5 Å². The van der Waals surface area contributed by atoms with E-state index in [1.54, 1.807) is 24.3 Å². The molecule has 27 heavy (non-hydrogen) atoms. The number of aliphatic hydroxyl groups is 1. The predicted octanol–water partition coefficient (Wildman–Crippen LogP) is 3.05. The Labute approximate surface area is 160 Å². The first kappa shape index (κ1) is 19.0. The summed E-state index contributed by atoms with van der Waals surface area (Å²) in [6.07, 6.45) is -1.10. The number of ether oxygens (including phenoxy) is 2. The Balaban J connectivity index is 2.21. The lowest BCUT2D eigenvalue weighted by molar-refractivity contribution is 0.206. The van der Waals surface area contributed by atoms with Crippen molar-refractivity contribution in [3.8, 4) is 11.8 Å². The number of nitrogens with zero attached hydrogens (tertiary/aromatic N) is 2. The molecule has 0 aliphatic carbocycles. The lowest BCUT2D eigenvalue weighted by Crippen LogP contribution is -2.12. The van der Waals surface area contributed by atoms with E-state index in [2.05, 4.69) is 10.2 Å². The van der Waals surface area contributed by atoms with Crippen molar-refractivity contribution in [2.24, 2.45) is 0 Å². The van der Waals surface area contributed by atoms with Gasteiger partial charge in [-0.3, -0.25) is 0 Å². The van der Waals surface area contributed by atoms with E-state index in [4.69, 9.17) is 9.47 Å². The minimum Gasteiger partial charge on any atom is -0.480 e. The summed E-state index contributed by atoms with van der Waals surface area (Å²) in [5, 5.41) is 18.9. The molecule has 2 atom stereocenters. The van der Waals surface area contributed by atoms with Crippen LogP contribution in [0.15, 0.2) is 64.4 Å². The molecular formula is C20H20N2O4S. The summed E-state index contributed by atoms with van der Waals surface area (Å²) in [5.41, 5.74) is 1.94. The molecule has 3 rings (SSSR count).